The van der Waals surface area contributed by atoms with Crippen LogP contribution in [-0.4, -0.2) is 74.1 Å². The highest BCUT2D eigenvalue weighted by Gasteiger charge is 2.26. The van der Waals surface area contributed by atoms with Gasteiger partial charge in [0.15, 0.2) is 6.61 Å². The number of ether oxygens (including phenoxy) is 1. The number of halogens is 1. The lowest BCUT2D eigenvalue weighted by Crippen LogP contribution is -2.52. The van der Waals surface area contributed by atoms with Crippen LogP contribution in [0.1, 0.15) is 28.3 Å². The van der Waals surface area contributed by atoms with Crippen molar-refractivity contribution in [3.05, 3.63) is 63.7 Å². The van der Waals surface area contributed by atoms with Gasteiger partial charge in [0.1, 0.15) is 5.75 Å². The Morgan fingerprint density at radius 2 is 1.49 bits per heavy atom. The van der Waals surface area contributed by atoms with Crippen molar-refractivity contribution in [3.8, 4) is 11.7 Å². The van der Waals surface area contributed by atoms with E-state index in [9.17, 15) is 9.59 Å². The average molecular weight is 497 g/mol. The van der Waals surface area contributed by atoms with Crippen molar-refractivity contribution in [1.29, 1.82) is 0 Å². The number of benzene rings is 1. The smallest absolute Gasteiger partial charge is 0.260 e. The number of aryl methyl sites for hydroxylation is 3. The number of carbonyl (C=O) groups is 2. The van der Waals surface area contributed by atoms with E-state index in [1.54, 1.807) is 38.7 Å². The Morgan fingerprint density at radius 1 is 0.914 bits per heavy atom. The Labute approximate surface area is 209 Å². The lowest BCUT2D eigenvalue weighted by atomic mass is 10.1. The van der Waals surface area contributed by atoms with Crippen molar-refractivity contribution < 1.29 is 14.3 Å². The van der Waals surface area contributed by atoms with Crippen LogP contribution in [0, 0.1) is 27.7 Å². The molecule has 1 saturated heterocycles. The second-order valence-corrected chi connectivity index (χ2v) is 9.13. The molecule has 9 nitrogen and oxygen atoms in total. The summed E-state index contributed by atoms with van der Waals surface area (Å²) in [6.07, 6.45) is 0.246. The molecule has 1 aromatic carbocycles. The lowest BCUT2D eigenvalue weighted by molar-refractivity contribution is -0.140. The number of amides is 2. The third kappa shape index (κ3) is 5.79. The Balaban J connectivity index is 1.33. The average Bonchev–Trinajstić information content (AvgIpc) is 3.11. The van der Waals surface area contributed by atoms with Crippen LogP contribution in [0.3, 0.4) is 0 Å². The van der Waals surface area contributed by atoms with Crippen molar-refractivity contribution in [3.63, 3.8) is 0 Å². The SMILES string of the molecule is Cc1cc(C)nc(-n2nc(C)c(CC(=O)N3CCN(C(=O)COc4ccc(Cl)cc4)CC3)c2C)n1. The molecule has 0 unspecified atom stereocenters. The summed E-state index contributed by atoms with van der Waals surface area (Å²) < 4.78 is 7.26. The van der Waals surface area contributed by atoms with E-state index in [4.69, 9.17) is 16.3 Å². The third-order valence-electron chi connectivity index (χ3n) is 6.09. The predicted octanol–water partition coefficient (Wildman–Crippen LogP) is 2.84. The highest BCUT2D eigenvalue weighted by atomic mass is 35.5. The highest BCUT2D eigenvalue weighted by molar-refractivity contribution is 6.30. The molecule has 4 rings (SSSR count). The molecule has 1 aliphatic heterocycles. The van der Waals surface area contributed by atoms with Crippen LogP contribution in [0.2, 0.25) is 5.02 Å². The van der Waals surface area contributed by atoms with E-state index < -0.39 is 0 Å². The van der Waals surface area contributed by atoms with Gasteiger partial charge in [0.25, 0.3) is 11.9 Å². The largest absolute Gasteiger partial charge is 0.484 e. The molecule has 0 spiro atoms. The number of carbonyl (C=O) groups excluding carboxylic acids is 2. The van der Waals surface area contributed by atoms with E-state index >= 15 is 0 Å². The van der Waals surface area contributed by atoms with E-state index in [-0.39, 0.29) is 24.8 Å². The van der Waals surface area contributed by atoms with Crippen molar-refractivity contribution in [2.75, 3.05) is 32.8 Å². The molecule has 10 heteroatoms. The Hall–Kier alpha value is -3.46. The molecule has 0 aliphatic carbocycles. The van der Waals surface area contributed by atoms with Crippen molar-refractivity contribution >= 4 is 23.4 Å². The monoisotopic (exact) mass is 496 g/mol. The van der Waals surface area contributed by atoms with Gasteiger partial charge in [0.2, 0.25) is 5.91 Å². The maximum absolute atomic E-state index is 13.1. The van der Waals surface area contributed by atoms with Gasteiger partial charge in [0, 0.05) is 53.8 Å². The fraction of sp³-hybridized carbons (Fsp3) is 0.400. The van der Waals surface area contributed by atoms with Gasteiger partial charge >= 0.3 is 0 Å². The van der Waals surface area contributed by atoms with Crippen molar-refractivity contribution in [2.45, 2.75) is 34.1 Å². The molecule has 184 valence electrons. The number of hydrogen-bond donors (Lipinski definition) is 0. The number of aromatic nitrogens is 4. The van der Waals surface area contributed by atoms with Gasteiger partial charge in [-0.25, -0.2) is 14.6 Å². The standard InChI is InChI=1S/C25H29ClN6O3/c1-16-13-17(2)28-25(27-16)32-19(4)22(18(3)29-32)14-23(33)30-9-11-31(12-10-30)24(34)15-35-21-7-5-20(26)6-8-21/h5-8,13H,9-12,14-15H2,1-4H3. The molecule has 1 fully saturated rings. The first-order valence-corrected chi connectivity index (χ1v) is 11.9. The summed E-state index contributed by atoms with van der Waals surface area (Å²) in [5.41, 5.74) is 4.25. The zero-order valence-corrected chi connectivity index (χ0v) is 21.2. The molecule has 0 N–H and O–H groups in total. The third-order valence-corrected chi connectivity index (χ3v) is 6.34. The van der Waals surface area contributed by atoms with Crippen LogP contribution < -0.4 is 4.74 Å². The quantitative estimate of drug-likeness (QED) is 0.521. The molecule has 2 aromatic heterocycles. The minimum atomic E-state index is -0.103. The fourth-order valence-corrected chi connectivity index (χ4v) is 4.29. The van der Waals surface area contributed by atoms with Gasteiger partial charge in [-0.1, -0.05) is 11.6 Å². The summed E-state index contributed by atoms with van der Waals surface area (Å²) in [6.45, 7) is 9.53. The van der Waals surface area contributed by atoms with Crippen LogP contribution in [0.5, 0.6) is 5.75 Å². The Kier molecular flexibility index (Phi) is 7.35. The molecule has 2 amide bonds. The van der Waals surface area contributed by atoms with Gasteiger partial charge < -0.3 is 14.5 Å². The van der Waals surface area contributed by atoms with Gasteiger partial charge in [-0.3, -0.25) is 9.59 Å². The van der Waals surface area contributed by atoms with Gasteiger partial charge in [-0.05, 0) is 58.0 Å². The molecule has 3 aromatic rings. The van der Waals surface area contributed by atoms with Crippen LogP contribution in [0.15, 0.2) is 30.3 Å². The molecule has 3 heterocycles. The second kappa shape index (κ2) is 10.4. The summed E-state index contributed by atoms with van der Waals surface area (Å²) >= 11 is 5.87. The summed E-state index contributed by atoms with van der Waals surface area (Å²) in [6, 6.07) is 8.80. The molecule has 0 radical (unpaired) electrons. The van der Waals surface area contributed by atoms with Crippen LogP contribution in [-0.2, 0) is 16.0 Å². The molecule has 0 atom stereocenters. The first kappa shape index (κ1) is 24.7. The summed E-state index contributed by atoms with van der Waals surface area (Å²) in [5.74, 6) is 1.01. The number of hydrogen-bond acceptors (Lipinski definition) is 6. The topological polar surface area (TPSA) is 93.5 Å². The second-order valence-electron chi connectivity index (χ2n) is 8.69. The maximum Gasteiger partial charge on any atom is 0.260 e. The summed E-state index contributed by atoms with van der Waals surface area (Å²) in [5, 5.41) is 5.20. The number of piperazine rings is 1. The van der Waals surface area contributed by atoms with Crippen molar-refractivity contribution in [1.82, 2.24) is 29.5 Å². The fourth-order valence-electron chi connectivity index (χ4n) is 4.16. The minimum absolute atomic E-state index is 0.0154. The maximum atomic E-state index is 13.1. The predicted molar refractivity (Wildman–Crippen MR) is 132 cm³/mol. The van der Waals surface area contributed by atoms with Crippen LogP contribution in [0.25, 0.3) is 5.95 Å². The zero-order valence-electron chi connectivity index (χ0n) is 20.4. The van der Waals surface area contributed by atoms with E-state index in [1.165, 1.54) is 0 Å². The van der Waals surface area contributed by atoms with Crippen molar-refractivity contribution in [2.24, 2.45) is 0 Å². The molecular formula is C25H29ClN6O3. The number of nitrogens with zero attached hydrogens (tertiary/aromatic N) is 6. The Morgan fingerprint density at radius 3 is 2.09 bits per heavy atom. The first-order chi connectivity index (χ1) is 16.7. The summed E-state index contributed by atoms with van der Waals surface area (Å²) in [4.78, 5) is 38.1. The molecular weight excluding hydrogens is 468 g/mol. The van der Waals surface area contributed by atoms with E-state index in [1.807, 2.05) is 33.8 Å². The zero-order chi connectivity index (χ0) is 25.1. The minimum Gasteiger partial charge on any atom is -0.484 e. The molecule has 35 heavy (non-hydrogen) atoms. The highest BCUT2D eigenvalue weighted by Crippen LogP contribution is 2.19. The normalized spacial score (nSPS) is 13.7. The molecule has 0 saturated carbocycles. The lowest BCUT2D eigenvalue weighted by Gasteiger charge is -2.34. The van der Waals surface area contributed by atoms with E-state index in [0.717, 1.165) is 28.3 Å². The van der Waals surface area contributed by atoms with Gasteiger partial charge in [-0.15, -0.1) is 0 Å². The van der Waals surface area contributed by atoms with Crippen LogP contribution in [0.4, 0.5) is 0 Å². The Bertz CT molecular complexity index is 1210. The van der Waals surface area contributed by atoms with E-state index in [2.05, 4.69) is 15.1 Å². The molecule has 1 aliphatic rings. The van der Waals surface area contributed by atoms with Crippen LogP contribution >= 0.6 is 11.6 Å². The van der Waals surface area contributed by atoms with Gasteiger partial charge in [-0.2, -0.15) is 5.10 Å². The summed E-state index contributed by atoms with van der Waals surface area (Å²) in [7, 11) is 0. The number of rotatable bonds is 6. The molecule has 0 bridgehead atoms. The first-order valence-electron chi connectivity index (χ1n) is 11.5. The van der Waals surface area contributed by atoms with Gasteiger partial charge in [0.05, 0.1) is 12.1 Å². The van der Waals surface area contributed by atoms with E-state index in [0.29, 0.717) is 42.9 Å².